The topological polar surface area (TPSA) is 73.0 Å². The van der Waals surface area contributed by atoms with Crippen molar-refractivity contribution in [3.8, 4) is 0 Å². The lowest BCUT2D eigenvalue weighted by atomic mass is 9.88. The Hall–Kier alpha value is -0.620. The van der Waals surface area contributed by atoms with E-state index < -0.39 is 27.0 Å². The van der Waals surface area contributed by atoms with Crippen LogP contribution in [-0.4, -0.2) is 44.2 Å². The predicted molar refractivity (Wildman–Crippen MR) is 56.7 cm³/mol. The third-order valence-electron chi connectivity index (χ3n) is 3.66. The maximum atomic E-state index is 11.5. The Kier molecular flexibility index (Phi) is 2.54. The fourth-order valence-electron chi connectivity index (χ4n) is 2.49. The molecule has 0 aromatic rings. The monoisotopic (exact) mass is 248 g/mol. The van der Waals surface area contributed by atoms with E-state index in [1.807, 2.05) is 0 Å². The Morgan fingerprint density at radius 2 is 2.00 bits per heavy atom. The molecule has 2 aliphatic rings. The molecule has 0 radical (unpaired) electrons. The summed E-state index contributed by atoms with van der Waals surface area (Å²) in [6.45, 7) is 1.68. The zero-order valence-electron chi connectivity index (χ0n) is 9.49. The third kappa shape index (κ3) is 1.64. The van der Waals surface area contributed by atoms with Crippen LogP contribution in [0.1, 0.15) is 26.2 Å². The molecule has 0 saturated carbocycles. The van der Waals surface area contributed by atoms with E-state index in [-0.39, 0.29) is 11.5 Å². The molecule has 0 bridgehead atoms. The Labute approximate surface area is 95.0 Å². The summed E-state index contributed by atoms with van der Waals surface area (Å²) in [5.74, 6) is -0.124. The average molecular weight is 248 g/mol. The molecule has 5 nitrogen and oxygen atoms in total. The number of rotatable bonds is 1. The van der Waals surface area contributed by atoms with E-state index in [1.165, 1.54) is 7.11 Å². The molecule has 2 atom stereocenters. The van der Waals surface area contributed by atoms with Gasteiger partial charge in [0.2, 0.25) is 0 Å². The van der Waals surface area contributed by atoms with Crippen molar-refractivity contribution in [2.24, 2.45) is 0 Å². The SMILES string of the molecule is COC(=O)C1(C)OC12CCCS(=O)(=O)CC2. The minimum Gasteiger partial charge on any atom is -0.467 e. The first kappa shape index (κ1) is 11.9. The van der Waals surface area contributed by atoms with E-state index in [1.54, 1.807) is 6.92 Å². The van der Waals surface area contributed by atoms with Crippen LogP contribution in [0.25, 0.3) is 0 Å². The smallest absolute Gasteiger partial charge is 0.340 e. The number of epoxide rings is 1. The minimum absolute atomic E-state index is 0.0968. The first-order valence-corrected chi connectivity index (χ1v) is 7.16. The van der Waals surface area contributed by atoms with Gasteiger partial charge < -0.3 is 9.47 Å². The maximum absolute atomic E-state index is 11.5. The molecule has 2 heterocycles. The van der Waals surface area contributed by atoms with Gasteiger partial charge in [0, 0.05) is 0 Å². The van der Waals surface area contributed by atoms with Crippen molar-refractivity contribution in [3.63, 3.8) is 0 Å². The number of ether oxygens (including phenoxy) is 2. The van der Waals surface area contributed by atoms with Crippen LogP contribution < -0.4 is 0 Å². The molecular formula is C10H16O5S. The molecule has 92 valence electrons. The normalized spacial score (nSPS) is 41.4. The number of carbonyl (C=O) groups is 1. The van der Waals surface area contributed by atoms with Gasteiger partial charge in [0.05, 0.1) is 18.6 Å². The van der Waals surface area contributed by atoms with Crippen molar-refractivity contribution in [2.75, 3.05) is 18.6 Å². The van der Waals surface area contributed by atoms with Crippen LogP contribution in [-0.2, 0) is 24.1 Å². The zero-order valence-corrected chi connectivity index (χ0v) is 10.3. The maximum Gasteiger partial charge on any atom is 0.340 e. The molecule has 0 aromatic heterocycles. The molecule has 2 aliphatic heterocycles. The minimum atomic E-state index is -2.96. The van der Waals surface area contributed by atoms with Crippen LogP contribution in [0.3, 0.4) is 0 Å². The molecule has 2 saturated heterocycles. The summed E-state index contributed by atoms with van der Waals surface area (Å²) >= 11 is 0. The Balaban J connectivity index is 2.16. The lowest BCUT2D eigenvalue weighted by Gasteiger charge is -2.11. The Morgan fingerprint density at radius 3 is 2.62 bits per heavy atom. The number of carbonyl (C=O) groups excluding carboxylic acids is 1. The van der Waals surface area contributed by atoms with E-state index in [0.717, 1.165) is 0 Å². The van der Waals surface area contributed by atoms with Gasteiger partial charge in [-0.1, -0.05) is 0 Å². The highest BCUT2D eigenvalue weighted by atomic mass is 32.2. The second kappa shape index (κ2) is 3.43. The van der Waals surface area contributed by atoms with Gasteiger partial charge in [-0.3, -0.25) is 0 Å². The number of sulfone groups is 1. The summed E-state index contributed by atoms with van der Waals surface area (Å²) < 4.78 is 33.1. The lowest BCUT2D eigenvalue weighted by Crippen LogP contribution is -2.32. The van der Waals surface area contributed by atoms with Gasteiger partial charge in [0.1, 0.15) is 15.4 Å². The molecule has 0 aromatic carbocycles. The van der Waals surface area contributed by atoms with Gasteiger partial charge >= 0.3 is 5.97 Å². The largest absolute Gasteiger partial charge is 0.467 e. The van der Waals surface area contributed by atoms with E-state index in [0.29, 0.717) is 19.3 Å². The molecule has 0 amide bonds. The van der Waals surface area contributed by atoms with Crippen molar-refractivity contribution in [1.29, 1.82) is 0 Å². The molecule has 1 spiro atoms. The highest BCUT2D eigenvalue weighted by Gasteiger charge is 2.72. The molecule has 2 unspecified atom stereocenters. The van der Waals surface area contributed by atoms with E-state index in [4.69, 9.17) is 4.74 Å². The summed E-state index contributed by atoms with van der Waals surface area (Å²) in [6.07, 6.45) is 1.55. The van der Waals surface area contributed by atoms with Crippen LogP contribution in [0.4, 0.5) is 0 Å². The van der Waals surface area contributed by atoms with Crippen LogP contribution in [0.5, 0.6) is 0 Å². The van der Waals surface area contributed by atoms with Crippen molar-refractivity contribution in [3.05, 3.63) is 0 Å². The Morgan fingerprint density at radius 1 is 1.31 bits per heavy atom. The standard InChI is InChI=1S/C10H16O5S/c1-9(8(11)14-2)10(15-9)4-3-6-16(12,13)7-5-10/h3-7H2,1-2H3. The summed E-state index contributed by atoms with van der Waals surface area (Å²) in [7, 11) is -1.65. The van der Waals surface area contributed by atoms with Crippen LogP contribution >= 0.6 is 0 Å². The molecule has 0 N–H and O–H groups in total. The van der Waals surface area contributed by atoms with E-state index in [9.17, 15) is 13.2 Å². The number of hydrogen-bond acceptors (Lipinski definition) is 5. The quantitative estimate of drug-likeness (QED) is 0.492. The van der Waals surface area contributed by atoms with E-state index >= 15 is 0 Å². The third-order valence-corrected chi connectivity index (χ3v) is 5.39. The highest BCUT2D eigenvalue weighted by Crippen LogP contribution is 2.55. The first-order valence-electron chi connectivity index (χ1n) is 5.34. The highest BCUT2D eigenvalue weighted by molar-refractivity contribution is 7.91. The number of esters is 1. The van der Waals surface area contributed by atoms with Gasteiger partial charge in [-0.25, -0.2) is 13.2 Å². The van der Waals surface area contributed by atoms with Crippen LogP contribution in [0.15, 0.2) is 0 Å². The average Bonchev–Trinajstić information content (AvgIpc) is 2.85. The van der Waals surface area contributed by atoms with Gasteiger partial charge in [-0.15, -0.1) is 0 Å². The second-order valence-electron chi connectivity index (χ2n) is 4.63. The number of methoxy groups -OCH3 is 1. The predicted octanol–water partition coefficient (Wildman–Crippen LogP) is 0.286. The summed E-state index contributed by atoms with van der Waals surface area (Å²) in [6, 6.07) is 0. The van der Waals surface area contributed by atoms with E-state index in [2.05, 4.69) is 4.74 Å². The van der Waals surface area contributed by atoms with Crippen molar-refractivity contribution >= 4 is 15.8 Å². The molecule has 2 rings (SSSR count). The summed E-state index contributed by atoms with van der Waals surface area (Å²) in [5.41, 5.74) is -1.55. The zero-order chi connectivity index (χ0) is 12.0. The van der Waals surface area contributed by atoms with Gasteiger partial charge in [-0.2, -0.15) is 0 Å². The lowest BCUT2D eigenvalue weighted by molar-refractivity contribution is -0.146. The van der Waals surface area contributed by atoms with Gasteiger partial charge in [0.25, 0.3) is 0 Å². The number of hydrogen-bond donors (Lipinski definition) is 0. The molecule has 0 aliphatic carbocycles. The second-order valence-corrected chi connectivity index (χ2v) is 6.93. The van der Waals surface area contributed by atoms with Crippen molar-refractivity contribution in [2.45, 2.75) is 37.4 Å². The van der Waals surface area contributed by atoms with Gasteiger partial charge in [0.15, 0.2) is 5.60 Å². The summed E-state index contributed by atoms with van der Waals surface area (Å²) in [4.78, 5) is 11.5. The van der Waals surface area contributed by atoms with Crippen LogP contribution in [0.2, 0.25) is 0 Å². The van der Waals surface area contributed by atoms with Crippen LogP contribution in [0, 0.1) is 0 Å². The fraction of sp³-hybridized carbons (Fsp3) is 0.900. The van der Waals surface area contributed by atoms with Gasteiger partial charge in [-0.05, 0) is 26.2 Å². The van der Waals surface area contributed by atoms with Crippen molar-refractivity contribution < 1.29 is 22.7 Å². The van der Waals surface area contributed by atoms with Crippen molar-refractivity contribution in [1.82, 2.24) is 0 Å². The fourth-order valence-corrected chi connectivity index (χ4v) is 3.92. The summed E-state index contributed by atoms with van der Waals surface area (Å²) in [5, 5.41) is 0. The Bertz CT molecular complexity index is 415. The first-order chi connectivity index (χ1) is 7.35. The molecule has 2 fully saturated rings. The molecular weight excluding hydrogens is 232 g/mol. The molecule has 16 heavy (non-hydrogen) atoms. The molecule has 6 heteroatoms.